The Morgan fingerprint density at radius 2 is 1.80 bits per heavy atom. The monoisotopic (exact) mass is 464 g/mol. The Morgan fingerprint density at radius 1 is 1.07 bits per heavy atom. The third-order valence-corrected chi connectivity index (χ3v) is 5.54. The number of carbonyl (C=O) groups excluding carboxylic acids is 2. The second-order valence-electron chi connectivity index (χ2n) is 6.81. The molecule has 0 saturated carbocycles. The van der Waals surface area contributed by atoms with Gasteiger partial charge in [0.05, 0.1) is 10.7 Å². The third-order valence-electron chi connectivity index (χ3n) is 4.79. The molecule has 30 heavy (non-hydrogen) atoms. The number of benzene rings is 2. The number of carbonyl (C=O) groups is 2. The minimum atomic E-state index is -0.350. The van der Waals surface area contributed by atoms with Crippen LogP contribution in [-0.2, 0) is 4.79 Å². The lowest BCUT2D eigenvalue weighted by Crippen LogP contribution is -2.48. The summed E-state index contributed by atoms with van der Waals surface area (Å²) in [5.74, 6) is -0.175. The van der Waals surface area contributed by atoms with Gasteiger partial charge in [0.2, 0.25) is 5.91 Å². The summed E-state index contributed by atoms with van der Waals surface area (Å²) in [5, 5.41) is 6.80. The molecule has 1 aliphatic rings. The molecule has 9 heteroatoms. The maximum atomic E-state index is 12.3. The Balaban J connectivity index is 1.58. The van der Waals surface area contributed by atoms with E-state index in [4.69, 9.17) is 35.4 Å². The van der Waals surface area contributed by atoms with Crippen LogP contribution in [0.1, 0.15) is 23.7 Å². The van der Waals surface area contributed by atoms with Crippen molar-refractivity contribution in [2.24, 2.45) is 0 Å². The van der Waals surface area contributed by atoms with E-state index < -0.39 is 0 Å². The van der Waals surface area contributed by atoms with Crippen LogP contribution in [0, 0.1) is 0 Å². The van der Waals surface area contributed by atoms with E-state index in [1.165, 1.54) is 0 Å². The van der Waals surface area contributed by atoms with Crippen molar-refractivity contribution in [3.05, 3.63) is 58.1 Å². The molecular formula is C21H22Cl2N4O2S. The van der Waals surface area contributed by atoms with E-state index in [0.29, 0.717) is 40.8 Å². The molecule has 1 saturated heterocycles. The van der Waals surface area contributed by atoms with Crippen LogP contribution in [0.15, 0.2) is 42.5 Å². The summed E-state index contributed by atoms with van der Waals surface area (Å²) in [6, 6.07) is 12.1. The van der Waals surface area contributed by atoms with Crippen molar-refractivity contribution in [1.82, 2.24) is 10.2 Å². The number of rotatable bonds is 4. The standard InChI is InChI=1S/C21H22Cl2N4O2S/c1-2-19(28)27-10-8-26(9-11-27)18-7-6-16(13-17(18)23)24-21(30)25-20(29)14-4-3-5-15(22)12-14/h3-7,12-13H,2,8-11H2,1H3,(H2,24,25,29,30). The predicted molar refractivity (Wildman–Crippen MR) is 126 cm³/mol. The Labute approximate surface area is 191 Å². The van der Waals surface area contributed by atoms with Gasteiger partial charge in [-0.1, -0.05) is 36.2 Å². The maximum absolute atomic E-state index is 12.3. The fraction of sp³-hybridized carbons (Fsp3) is 0.286. The fourth-order valence-corrected chi connectivity index (χ4v) is 3.93. The van der Waals surface area contributed by atoms with E-state index in [2.05, 4.69) is 15.5 Å². The first-order chi connectivity index (χ1) is 14.4. The number of piperazine rings is 1. The lowest BCUT2D eigenvalue weighted by Gasteiger charge is -2.36. The number of amides is 2. The van der Waals surface area contributed by atoms with Crippen LogP contribution in [0.4, 0.5) is 11.4 Å². The summed E-state index contributed by atoms with van der Waals surface area (Å²) in [4.78, 5) is 28.1. The van der Waals surface area contributed by atoms with E-state index >= 15 is 0 Å². The van der Waals surface area contributed by atoms with Gasteiger partial charge in [-0.2, -0.15) is 0 Å². The molecule has 1 heterocycles. The Bertz CT molecular complexity index is 962. The van der Waals surface area contributed by atoms with Gasteiger partial charge >= 0.3 is 0 Å². The number of nitrogens with zero attached hydrogens (tertiary/aromatic N) is 2. The van der Waals surface area contributed by atoms with E-state index in [-0.39, 0.29) is 16.9 Å². The third kappa shape index (κ3) is 5.62. The van der Waals surface area contributed by atoms with E-state index in [9.17, 15) is 9.59 Å². The minimum Gasteiger partial charge on any atom is -0.367 e. The van der Waals surface area contributed by atoms with Gasteiger partial charge in [0, 0.05) is 48.9 Å². The van der Waals surface area contributed by atoms with Gasteiger partial charge in [-0.25, -0.2) is 0 Å². The van der Waals surface area contributed by atoms with Crippen LogP contribution in [0.5, 0.6) is 0 Å². The predicted octanol–water partition coefficient (Wildman–Crippen LogP) is 4.18. The van der Waals surface area contributed by atoms with Gasteiger partial charge in [0.15, 0.2) is 5.11 Å². The van der Waals surface area contributed by atoms with Crippen LogP contribution in [-0.4, -0.2) is 48.0 Å². The molecule has 0 bridgehead atoms. The Kier molecular flexibility index (Phi) is 7.53. The largest absolute Gasteiger partial charge is 0.367 e. The summed E-state index contributed by atoms with van der Waals surface area (Å²) < 4.78 is 0. The fourth-order valence-electron chi connectivity index (χ4n) is 3.23. The summed E-state index contributed by atoms with van der Waals surface area (Å²) in [6.07, 6.45) is 0.523. The van der Waals surface area contributed by atoms with Crippen LogP contribution in [0.25, 0.3) is 0 Å². The quantitative estimate of drug-likeness (QED) is 0.664. The highest BCUT2D eigenvalue weighted by Crippen LogP contribution is 2.29. The lowest BCUT2D eigenvalue weighted by molar-refractivity contribution is -0.131. The van der Waals surface area contributed by atoms with Crippen molar-refractivity contribution >= 4 is 63.7 Å². The van der Waals surface area contributed by atoms with Crippen molar-refractivity contribution in [3.63, 3.8) is 0 Å². The summed E-state index contributed by atoms with van der Waals surface area (Å²) in [6.45, 7) is 4.70. The first-order valence-corrected chi connectivity index (χ1v) is 10.7. The van der Waals surface area contributed by atoms with Crippen LogP contribution in [0.3, 0.4) is 0 Å². The number of nitrogens with one attached hydrogen (secondary N) is 2. The smallest absolute Gasteiger partial charge is 0.257 e. The van der Waals surface area contributed by atoms with Crippen LogP contribution < -0.4 is 15.5 Å². The molecule has 1 aliphatic heterocycles. The number of thiocarbonyl (C=S) groups is 1. The topological polar surface area (TPSA) is 64.7 Å². The molecule has 0 spiro atoms. The zero-order valence-corrected chi connectivity index (χ0v) is 18.8. The van der Waals surface area contributed by atoms with Crippen molar-refractivity contribution in [2.75, 3.05) is 36.4 Å². The van der Waals surface area contributed by atoms with Gasteiger partial charge in [0.25, 0.3) is 5.91 Å². The van der Waals surface area contributed by atoms with Crippen molar-refractivity contribution in [1.29, 1.82) is 0 Å². The van der Waals surface area contributed by atoms with Crippen molar-refractivity contribution in [3.8, 4) is 0 Å². The molecule has 2 aromatic carbocycles. The Morgan fingerprint density at radius 3 is 2.43 bits per heavy atom. The molecule has 3 rings (SSSR count). The zero-order valence-electron chi connectivity index (χ0n) is 16.5. The number of halogens is 2. The van der Waals surface area contributed by atoms with Gasteiger partial charge in [-0.3, -0.25) is 14.9 Å². The molecule has 158 valence electrons. The molecule has 0 radical (unpaired) electrons. The van der Waals surface area contributed by atoms with E-state index in [1.807, 2.05) is 24.0 Å². The molecule has 2 N–H and O–H groups in total. The molecule has 2 aromatic rings. The van der Waals surface area contributed by atoms with Crippen LogP contribution in [0.2, 0.25) is 10.0 Å². The second kappa shape index (κ2) is 10.1. The molecule has 0 aromatic heterocycles. The number of hydrogen-bond donors (Lipinski definition) is 2. The normalized spacial score (nSPS) is 13.7. The lowest BCUT2D eigenvalue weighted by atomic mass is 10.2. The average molecular weight is 465 g/mol. The molecule has 2 amide bonds. The van der Waals surface area contributed by atoms with Gasteiger partial charge in [0.1, 0.15) is 0 Å². The van der Waals surface area contributed by atoms with Gasteiger partial charge in [-0.15, -0.1) is 0 Å². The zero-order chi connectivity index (χ0) is 21.7. The van der Waals surface area contributed by atoms with E-state index in [0.717, 1.165) is 18.8 Å². The van der Waals surface area contributed by atoms with Crippen molar-refractivity contribution < 1.29 is 9.59 Å². The SMILES string of the molecule is CCC(=O)N1CCN(c2ccc(NC(=S)NC(=O)c3cccc(Cl)c3)cc2Cl)CC1. The maximum Gasteiger partial charge on any atom is 0.257 e. The van der Waals surface area contributed by atoms with Gasteiger partial charge < -0.3 is 15.1 Å². The highest BCUT2D eigenvalue weighted by molar-refractivity contribution is 7.80. The molecule has 0 unspecified atom stereocenters. The Hall–Kier alpha value is -2.35. The van der Waals surface area contributed by atoms with Gasteiger partial charge in [-0.05, 0) is 48.6 Å². The minimum absolute atomic E-state index is 0.162. The summed E-state index contributed by atoms with van der Waals surface area (Å²) in [5.41, 5.74) is 1.99. The summed E-state index contributed by atoms with van der Waals surface area (Å²) in [7, 11) is 0. The number of anilines is 2. The molecule has 0 aliphatic carbocycles. The molecule has 0 atom stereocenters. The van der Waals surface area contributed by atoms with Crippen LogP contribution >= 0.6 is 35.4 Å². The molecular weight excluding hydrogens is 443 g/mol. The number of hydrogen-bond acceptors (Lipinski definition) is 4. The first-order valence-electron chi connectivity index (χ1n) is 9.57. The van der Waals surface area contributed by atoms with Crippen molar-refractivity contribution in [2.45, 2.75) is 13.3 Å². The highest BCUT2D eigenvalue weighted by Gasteiger charge is 2.21. The first kappa shape index (κ1) is 22.3. The molecule has 6 nitrogen and oxygen atoms in total. The summed E-state index contributed by atoms with van der Waals surface area (Å²) >= 11 is 17.6. The highest BCUT2D eigenvalue weighted by atomic mass is 35.5. The average Bonchev–Trinajstić information content (AvgIpc) is 2.73. The molecule has 1 fully saturated rings. The second-order valence-corrected chi connectivity index (χ2v) is 8.06. The van der Waals surface area contributed by atoms with E-state index in [1.54, 1.807) is 30.3 Å².